The average Bonchev–Trinajstić information content (AvgIpc) is 2.46. The van der Waals surface area contributed by atoms with Gasteiger partial charge in [-0.3, -0.25) is 0 Å². The van der Waals surface area contributed by atoms with Gasteiger partial charge < -0.3 is 9.84 Å². The van der Waals surface area contributed by atoms with Gasteiger partial charge in [0.2, 0.25) is 0 Å². The van der Waals surface area contributed by atoms with Crippen LogP contribution in [0.1, 0.15) is 24.9 Å². The molecule has 1 aromatic rings. The van der Waals surface area contributed by atoms with Gasteiger partial charge in [-0.1, -0.05) is 0 Å². The summed E-state index contributed by atoms with van der Waals surface area (Å²) in [5.41, 5.74) is 0.158. The zero-order valence-electron chi connectivity index (χ0n) is 7.16. The molecule has 0 fully saturated rings. The lowest BCUT2D eigenvalue weighted by molar-refractivity contribution is 0.0606. The Kier molecular flexibility index (Phi) is 2.67. The molecule has 0 aliphatic carbocycles. The number of rotatable bonds is 2. The van der Waals surface area contributed by atoms with Crippen molar-refractivity contribution in [2.75, 3.05) is 7.11 Å². The highest BCUT2D eigenvalue weighted by atomic mass is 32.1. The van der Waals surface area contributed by atoms with E-state index in [-0.39, 0.29) is 5.56 Å². The first-order valence-corrected chi connectivity index (χ1v) is 4.30. The normalized spacial score (nSPS) is 9.69. The zero-order chi connectivity index (χ0) is 10.0. The Morgan fingerprint density at radius 1 is 1.54 bits per heavy atom. The van der Waals surface area contributed by atoms with E-state index in [1.807, 2.05) is 0 Å². The van der Waals surface area contributed by atoms with Crippen molar-refractivity contribution in [2.24, 2.45) is 0 Å². The number of carboxylic acids is 1. The molecule has 0 aromatic carbocycles. The second-order valence-corrected chi connectivity index (χ2v) is 3.63. The van der Waals surface area contributed by atoms with Gasteiger partial charge in [0.25, 0.3) is 0 Å². The lowest BCUT2D eigenvalue weighted by Crippen LogP contribution is -1.98. The van der Waals surface area contributed by atoms with E-state index in [1.54, 1.807) is 6.92 Å². The van der Waals surface area contributed by atoms with E-state index in [4.69, 9.17) is 5.11 Å². The van der Waals surface area contributed by atoms with Crippen LogP contribution in [0.25, 0.3) is 0 Å². The SMILES string of the molecule is COC(=O)c1cc(C(=O)O)c(C)s1. The molecule has 0 unspecified atom stereocenters. The minimum Gasteiger partial charge on any atom is -0.478 e. The number of ether oxygens (including phenoxy) is 1. The fourth-order valence-corrected chi connectivity index (χ4v) is 1.83. The van der Waals surface area contributed by atoms with Crippen molar-refractivity contribution >= 4 is 23.3 Å². The molecule has 1 N–H and O–H groups in total. The fourth-order valence-electron chi connectivity index (χ4n) is 0.896. The predicted molar refractivity (Wildman–Crippen MR) is 47.4 cm³/mol. The summed E-state index contributed by atoms with van der Waals surface area (Å²) in [4.78, 5) is 22.5. The van der Waals surface area contributed by atoms with Gasteiger partial charge in [0, 0.05) is 4.88 Å². The van der Waals surface area contributed by atoms with Crippen molar-refractivity contribution in [2.45, 2.75) is 6.92 Å². The number of carbonyl (C=O) groups is 2. The molecule has 70 valence electrons. The molecule has 0 atom stereocenters. The minimum absolute atomic E-state index is 0.158. The molecule has 4 nitrogen and oxygen atoms in total. The highest BCUT2D eigenvalue weighted by Gasteiger charge is 2.16. The van der Waals surface area contributed by atoms with Crippen LogP contribution >= 0.6 is 11.3 Å². The van der Waals surface area contributed by atoms with Crippen LogP contribution in [0.2, 0.25) is 0 Å². The highest BCUT2D eigenvalue weighted by molar-refractivity contribution is 7.14. The third-order valence-corrected chi connectivity index (χ3v) is 2.57. The van der Waals surface area contributed by atoms with Crippen LogP contribution in [0.5, 0.6) is 0 Å². The Bertz CT molecular complexity index is 353. The number of esters is 1. The summed E-state index contributed by atoms with van der Waals surface area (Å²) >= 11 is 1.12. The molecule has 0 saturated heterocycles. The molecule has 0 aliphatic heterocycles. The first-order valence-electron chi connectivity index (χ1n) is 3.48. The summed E-state index contributed by atoms with van der Waals surface area (Å²) in [6.45, 7) is 1.65. The van der Waals surface area contributed by atoms with E-state index in [1.165, 1.54) is 13.2 Å². The van der Waals surface area contributed by atoms with Crippen molar-refractivity contribution in [3.05, 3.63) is 21.4 Å². The summed E-state index contributed by atoms with van der Waals surface area (Å²) in [5.74, 6) is -1.52. The third kappa shape index (κ3) is 1.86. The molecule has 1 aromatic heterocycles. The van der Waals surface area contributed by atoms with E-state index in [2.05, 4.69) is 4.74 Å². The summed E-state index contributed by atoms with van der Waals surface area (Å²) in [7, 11) is 1.26. The van der Waals surface area contributed by atoms with Gasteiger partial charge in [-0.25, -0.2) is 9.59 Å². The number of aryl methyl sites for hydroxylation is 1. The van der Waals surface area contributed by atoms with Gasteiger partial charge in [0.15, 0.2) is 0 Å². The van der Waals surface area contributed by atoms with Crippen molar-refractivity contribution < 1.29 is 19.4 Å². The molecule has 0 amide bonds. The quantitative estimate of drug-likeness (QED) is 0.735. The molecule has 0 saturated carbocycles. The summed E-state index contributed by atoms with van der Waals surface area (Å²) in [6, 6.07) is 1.33. The predicted octanol–water partition coefficient (Wildman–Crippen LogP) is 1.54. The van der Waals surface area contributed by atoms with E-state index >= 15 is 0 Å². The van der Waals surface area contributed by atoms with Gasteiger partial charge in [-0.15, -0.1) is 11.3 Å². The van der Waals surface area contributed by atoms with E-state index < -0.39 is 11.9 Å². The molecule has 1 heterocycles. The standard InChI is InChI=1S/C8H8O4S/c1-4-5(7(9)10)3-6(13-4)8(11)12-2/h3H,1-2H3,(H,9,10). The Balaban J connectivity index is 3.09. The number of methoxy groups -OCH3 is 1. The molecule has 1 rings (SSSR count). The maximum absolute atomic E-state index is 11.0. The van der Waals surface area contributed by atoms with Crippen molar-refractivity contribution in [1.29, 1.82) is 0 Å². The molecule has 0 bridgehead atoms. The van der Waals surface area contributed by atoms with Crippen LogP contribution in [0.4, 0.5) is 0 Å². The van der Waals surface area contributed by atoms with Crippen molar-refractivity contribution in [3.63, 3.8) is 0 Å². The lowest BCUT2D eigenvalue weighted by atomic mass is 10.2. The van der Waals surface area contributed by atoms with Crippen LogP contribution in [-0.2, 0) is 4.74 Å². The summed E-state index contributed by atoms with van der Waals surface area (Å²) in [5, 5.41) is 8.69. The first-order chi connectivity index (χ1) is 6.06. The first kappa shape index (κ1) is 9.73. The maximum Gasteiger partial charge on any atom is 0.348 e. The second kappa shape index (κ2) is 3.57. The topological polar surface area (TPSA) is 63.6 Å². The summed E-state index contributed by atoms with van der Waals surface area (Å²) < 4.78 is 4.46. The Labute approximate surface area is 78.8 Å². The zero-order valence-corrected chi connectivity index (χ0v) is 7.97. The number of thiophene rings is 1. The lowest BCUT2D eigenvalue weighted by Gasteiger charge is -1.90. The molecule has 0 radical (unpaired) electrons. The molecule has 13 heavy (non-hydrogen) atoms. The average molecular weight is 200 g/mol. The molecular weight excluding hydrogens is 192 g/mol. The van der Waals surface area contributed by atoms with E-state index in [0.717, 1.165) is 11.3 Å². The van der Waals surface area contributed by atoms with Gasteiger partial charge in [0.05, 0.1) is 12.7 Å². The fraction of sp³-hybridized carbons (Fsp3) is 0.250. The minimum atomic E-state index is -1.02. The largest absolute Gasteiger partial charge is 0.478 e. The van der Waals surface area contributed by atoms with Gasteiger partial charge in [-0.2, -0.15) is 0 Å². The second-order valence-electron chi connectivity index (χ2n) is 2.38. The number of carbonyl (C=O) groups excluding carboxylic acids is 1. The van der Waals surface area contributed by atoms with Gasteiger partial charge in [-0.05, 0) is 13.0 Å². The van der Waals surface area contributed by atoms with E-state index in [9.17, 15) is 9.59 Å². The monoisotopic (exact) mass is 200 g/mol. The Morgan fingerprint density at radius 2 is 2.15 bits per heavy atom. The highest BCUT2D eigenvalue weighted by Crippen LogP contribution is 2.21. The van der Waals surface area contributed by atoms with Crippen LogP contribution in [0.3, 0.4) is 0 Å². The number of hydrogen-bond donors (Lipinski definition) is 1. The third-order valence-electron chi connectivity index (χ3n) is 1.53. The molecule has 0 spiro atoms. The number of carboxylic acid groups (broad SMARTS) is 1. The number of hydrogen-bond acceptors (Lipinski definition) is 4. The molecule has 0 aliphatic rings. The van der Waals surface area contributed by atoms with Crippen LogP contribution < -0.4 is 0 Å². The van der Waals surface area contributed by atoms with Crippen LogP contribution in [-0.4, -0.2) is 24.2 Å². The van der Waals surface area contributed by atoms with Crippen molar-refractivity contribution in [3.8, 4) is 0 Å². The van der Waals surface area contributed by atoms with Gasteiger partial charge >= 0.3 is 11.9 Å². The maximum atomic E-state index is 11.0. The molecule has 5 heteroatoms. The Morgan fingerprint density at radius 3 is 2.54 bits per heavy atom. The molecular formula is C8H8O4S. The van der Waals surface area contributed by atoms with Crippen molar-refractivity contribution in [1.82, 2.24) is 0 Å². The van der Waals surface area contributed by atoms with Gasteiger partial charge in [0.1, 0.15) is 4.88 Å². The summed E-state index contributed by atoms with van der Waals surface area (Å²) in [6.07, 6.45) is 0. The van der Waals surface area contributed by atoms with Crippen LogP contribution in [0.15, 0.2) is 6.07 Å². The van der Waals surface area contributed by atoms with E-state index in [0.29, 0.717) is 9.75 Å². The Hall–Kier alpha value is -1.36. The van der Waals surface area contributed by atoms with Crippen LogP contribution in [0, 0.1) is 6.92 Å². The smallest absolute Gasteiger partial charge is 0.348 e. The number of aromatic carboxylic acids is 1.